The number of urea groups is 1. The first-order valence-electron chi connectivity index (χ1n) is 6.69. The summed E-state index contributed by atoms with van der Waals surface area (Å²) in [6.07, 6.45) is 5.28. The second-order valence-electron chi connectivity index (χ2n) is 5.07. The van der Waals surface area contributed by atoms with Crippen LogP contribution in [0.2, 0.25) is 5.02 Å². The lowest BCUT2D eigenvalue weighted by atomic mass is 10.1. The van der Waals surface area contributed by atoms with E-state index in [1.54, 1.807) is 24.3 Å². The summed E-state index contributed by atoms with van der Waals surface area (Å²) in [7, 11) is 3.66. The Balaban J connectivity index is 1.95. The smallest absolute Gasteiger partial charge is 0.317 e. The van der Waals surface area contributed by atoms with Gasteiger partial charge in [0, 0.05) is 38.4 Å². The zero-order chi connectivity index (χ0) is 15.4. The van der Waals surface area contributed by atoms with Crippen LogP contribution in [0.3, 0.4) is 0 Å². The summed E-state index contributed by atoms with van der Waals surface area (Å²) in [5.74, 6) is 0. The number of hydrogen-bond donors (Lipinski definition) is 1. The number of nitrogens with zero attached hydrogens (tertiary/aromatic N) is 3. The fourth-order valence-electron chi connectivity index (χ4n) is 2.05. The zero-order valence-corrected chi connectivity index (χ0v) is 13.1. The van der Waals surface area contributed by atoms with Crippen LogP contribution in [-0.2, 0) is 13.6 Å². The number of pyridine rings is 1. The van der Waals surface area contributed by atoms with Crippen LogP contribution in [0.4, 0.5) is 4.79 Å². The first-order valence-corrected chi connectivity index (χ1v) is 7.07. The summed E-state index contributed by atoms with van der Waals surface area (Å²) < 4.78 is 1.91. The Kier molecular flexibility index (Phi) is 4.85. The molecule has 2 aromatic rings. The monoisotopic (exact) mass is 306 g/mol. The Bertz CT molecular complexity index is 611. The molecule has 21 heavy (non-hydrogen) atoms. The highest BCUT2D eigenvalue weighted by atomic mass is 35.5. The summed E-state index contributed by atoms with van der Waals surface area (Å²) in [5, 5.41) is 3.62. The molecule has 0 aliphatic heterocycles. The summed E-state index contributed by atoms with van der Waals surface area (Å²) >= 11 is 5.95. The number of amides is 2. The molecule has 0 aliphatic rings. The van der Waals surface area contributed by atoms with Gasteiger partial charge in [0.05, 0.1) is 17.6 Å². The molecule has 0 aromatic carbocycles. The summed E-state index contributed by atoms with van der Waals surface area (Å²) in [5.41, 5.74) is 1.95. The molecule has 0 fully saturated rings. The van der Waals surface area contributed by atoms with Crippen LogP contribution in [-0.4, -0.2) is 27.5 Å². The predicted molar refractivity (Wildman–Crippen MR) is 83.1 cm³/mol. The number of hydrogen-bond acceptors (Lipinski definition) is 2. The van der Waals surface area contributed by atoms with Gasteiger partial charge in [-0.05, 0) is 24.6 Å². The molecular formula is C15H19ClN4O. The zero-order valence-electron chi connectivity index (χ0n) is 12.4. The normalized spacial score (nSPS) is 12.0. The fourth-order valence-corrected chi connectivity index (χ4v) is 2.32. The topological polar surface area (TPSA) is 50.2 Å². The van der Waals surface area contributed by atoms with Crippen molar-refractivity contribution in [3.63, 3.8) is 0 Å². The number of aromatic nitrogens is 2. The van der Waals surface area contributed by atoms with Gasteiger partial charge in [-0.1, -0.05) is 17.7 Å². The first kappa shape index (κ1) is 15.4. The maximum absolute atomic E-state index is 12.2. The van der Waals surface area contributed by atoms with E-state index in [4.69, 9.17) is 11.6 Å². The van der Waals surface area contributed by atoms with Gasteiger partial charge < -0.3 is 14.8 Å². The van der Waals surface area contributed by atoms with Crippen molar-refractivity contribution >= 4 is 17.6 Å². The Labute approximate surface area is 129 Å². The van der Waals surface area contributed by atoms with Crippen LogP contribution in [0.1, 0.15) is 24.2 Å². The Morgan fingerprint density at radius 1 is 1.57 bits per heavy atom. The molecule has 0 bridgehead atoms. The van der Waals surface area contributed by atoms with Crippen LogP contribution in [0.5, 0.6) is 0 Å². The average molecular weight is 307 g/mol. The van der Waals surface area contributed by atoms with Crippen molar-refractivity contribution in [2.75, 3.05) is 7.05 Å². The third-order valence-electron chi connectivity index (χ3n) is 3.34. The largest absolute Gasteiger partial charge is 0.351 e. The van der Waals surface area contributed by atoms with Crippen molar-refractivity contribution in [2.24, 2.45) is 7.05 Å². The Morgan fingerprint density at radius 3 is 2.90 bits per heavy atom. The molecule has 2 aromatic heterocycles. The van der Waals surface area contributed by atoms with Crippen LogP contribution >= 0.6 is 11.6 Å². The highest BCUT2D eigenvalue weighted by Gasteiger charge is 2.15. The average Bonchev–Trinajstić information content (AvgIpc) is 2.77. The van der Waals surface area contributed by atoms with Crippen molar-refractivity contribution in [1.82, 2.24) is 19.8 Å². The maximum atomic E-state index is 12.2. The van der Waals surface area contributed by atoms with E-state index in [9.17, 15) is 4.79 Å². The van der Waals surface area contributed by atoms with E-state index in [2.05, 4.69) is 10.3 Å². The minimum Gasteiger partial charge on any atom is -0.351 e. The van der Waals surface area contributed by atoms with Crippen LogP contribution in [0.25, 0.3) is 0 Å². The number of halogens is 1. The molecule has 0 aliphatic carbocycles. The molecule has 2 rings (SSSR count). The van der Waals surface area contributed by atoms with Crippen molar-refractivity contribution in [3.05, 3.63) is 53.1 Å². The molecule has 0 saturated carbocycles. The molecule has 1 atom stereocenters. The molecule has 5 nitrogen and oxygen atoms in total. The third-order valence-corrected chi connectivity index (χ3v) is 3.55. The van der Waals surface area contributed by atoms with Gasteiger partial charge in [0.15, 0.2) is 0 Å². The summed E-state index contributed by atoms with van der Waals surface area (Å²) in [4.78, 5) is 17.9. The second kappa shape index (κ2) is 6.63. The number of carbonyl (C=O) groups excluding carboxylic acids is 1. The van der Waals surface area contributed by atoms with Gasteiger partial charge in [-0.2, -0.15) is 0 Å². The Hall–Kier alpha value is -2.01. The predicted octanol–water partition coefficient (Wildman–Crippen LogP) is 2.98. The molecule has 2 heterocycles. The fraction of sp³-hybridized carbons (Fsp3) is 0.333. The SMILES string of the molecule is CC(NC(=O)N(C)Cc1cc(Cl)cn1C)c1cccnc1. The van der Waals surface area contributed by atoms with Crippen molar-refractivity contribution in [3.8, 4) is 0 Å². The van der Waals surface area contributed by atoms with Gasteiger partial charge in [-0.15, -0.1) is 0 Å². The number of nitrogens with one attached hydrogen (secondary N) is 1. The minimum absolute atomic E-state index is 0.0920. The quantitative estimate of drug-likeness (QED) is 0.944. The van der Waals surface area contributed by atoms with Crippen molar-refractivity contribution in [1.29, 1.82) is 0 Å². The molecule has 0 spiro atoms. The molecule has 1 N–H and O–H groups in total. The van der Waals surface area contributed by atoms with Crippen molar-refractivity contribution < 1.29 is 4.79 Å². The summed E-state index contributed by atoms with van der Waals surface area (Å²) in [6.45, 7) is 2.43. The summed E-state index contributed by atoms with van der Waals surface area (Å²) in [6, 6.07) is 5.42. The maximum Gasteiger partial charge on any atom is 0.317 e. The molecule has 6 heteroatoms. The van der Waals surface area contributed by atoms with Crippen molar-refractivity contribution in [2.45, 2.75) is 19.5 Å². The van der Waals surface area contributed by atoms with E-state index in [1.165, 1.54) is 0 Å². The van der Waals surface area contributed by atoms with E-state index in [0.717, 1.165) is 11.3 Å². The standard InChI is InChI=1S/C15H19ClN4O/c1-11(12-5-4-6-17-8-12)18-15(21)20(3)10-14-7-13(16)9-19(14)2/h4-9,11H,10H2,1-3H3,(H,18,21). The second-order valence-corrected chi connectivity index (χ2v) is 5.51. The molecular weight excluding hydrogens is 288 g/mol. The lowest BCUT2D eigenvalue weighted by Crippen LogP contribution is -2.38. The highest BCUT2D eigenvalue weighted by molar-refractivity contribution is 6.30. The molecule has 1 unspecified atom stereocenters. The number of rotatable bonds is 4. The van der Waals surface area contributed by atoms with Gasteiger partial charge in [0.2, 0.25) is 0 Å². The van der Waals surface area contributed by atoms with Gasteiger partial charge in [-0.3, -0.25) is 4.98 Å². The van der Waals surface area contributed by atoms with E-state index in [1.807, 2.05) is 42.9 Å². The van der Waals surface area contributed by atoms with E-state index in [-0.39, 0.29) is 12.1 Å². The third kappa shape index (κ3) is 3.98. The first-order chi connectivity index (χ1) is 9.97. The van der Waals surface area contributed by atoms with E-state index >= 15 is 0 Å². The van der Waals surface area contributed by atoms with E-state index < -0.39 is 0 Å². The lowest BCUT2D eigenvalue weighted by Gasteiger charge is -2.21. The number of aryl methyl sites for hydroxylation is 1. The molecule has 0 saturated heterocycles. The minimum atomic E-state index is -0.135. The number of carbonyl (C=O) groups is 1. The molecule has 0 radical (unpaired) electrons. The van der Waals surface area contributed by atoms with Gasteiger partial charge in [-0.25, -0.2) is 4.79 Å². The molecule has 112 valence electrons. The van der Waals surface area contributed by atoms with Crippen LogP contribution in [0.15, 0.2) is 36.8 Å². The van der Waals surface area contributed by atoms with Gasteiger partial charge in [0.25, 0.3) is 0 Å². The van der Waals surface area contributed by atoms with Crippen LogP contribution < -0.4 is 5.32 Å². The van der Waals surface area contributed by atoms with Gasteiger partial charge >= 0.3 is 6.03 Å². The molecule has 2 amide bonds. The highest BCUT2D eigenvalue weighted by Crippen LogP contribution is 2.15. The van der Waals surface area contributed by atoms with Crippen LogP contribution in [0, 0.1) is 0 Å². The van der Waals surface area contributed by atoms with Gasteiger partial charge in [0.1, 0.15) is 0 Å². The lowest BCUT2D eigenvalue weighted by molar-refractivity contribution is 0.202. The Morgan fingerprint density at radius 2 is 2.33 bits per heavy atom. The van der Waals surface area contributed by atoms with E-state index in [0.29, 0.717) is 11.6 Å².